The average molecular weight is 495 g/mol. The molecule has 2 fully saturated rings. The highest BCUT2D eigenvalue weighted by Crippen LogP contribution is 2.68. The number of carbonyl (C=O) groups excluding carboxylic acids is 1. The Kier molecular flexibility index (Phi) is 5.22. The predicted octanol–water partition coefficient (Wildman–Crippen LogP) is 6.26. The molecule has 0 radical (unpaired) electrons. The van der Waals surface area contributed by atoms with E-state index in [-0.39, 0.29) is 22.9 Å². The molecular formula is C29H38N2O3S. The second kappa shape index (κ2) is 7.79. The molecule has 6 heteroatoms. The van der Waals surface area contributed by atoms with Crippen molar-refractivity contribution in [2.24, 2.45) is 23.2 Å². The minimum Gasteiger partial charge on any atom is -0.462 e. The van der Waals surface area contributed by atoms with Gasteiger partial charge in [-0.1, -0.05) is 32.4 Å². The average Bonchev–Trinajstić information content (AvgIpc) is 3.26. The van der Waals surface area contributed by atoms with Crippen molar-refractivity contribution in [3.8, 4) is 0 Å². The van der Waals surface area contributed by atoms with E-state index in [1.54, 1.807) is 0 Å². The fourth-order valence-corrected chi connectivity index (χ4v) is 10.2. The van der Waals surface area contributed by atoms with Crippen LogP contribution in [-0.4, -0.2) is 28.8 Å². The van der Waals surface area contributed by atoms with Gasteiger partial charge in [0.05, 0.1) is 18.4 Å². The number of aryl methyl sites for hydroxylation is 1. The van der Waals surface area contributed by atoms with Crippen LogP contribution in [0.2, 0.25) is 0 Å². The van der Waals surface area contributed by atoms with E-state index >= 15 is 0 Å². The summed E-state index contributed by atoms with van der Waals surface area (Å²) in [5, 5.41) is 11.3. The van der Waals surface area contributed by atoms with Crippen molar-refractivity contribution in [3.05, 3.63) is 33.3 Å². The van der Waals surface area contributed by atoms with Gasteiger partial charge >= 0.3 is 5.97 Å². The number of pyridine rings is 1. The molecule has 4 aliphatic rings. The molecule has 0 aliphatic heterocycles. The van der Waals surface area contributed by atoms with Crippen LogP contribution in [0.3, 0.4) is 0 Å². The maximum absolute atomic E-state index is 12.7. The number of aliphatic hydroxyl groups excluding tert-OH is 1. The lowest BCUT2D eigenvalue weighted by atomic mass is 9.47. The molecule has 0 spiro atoms. The molecule has 0 unspecified atom stereocenters. The van der Waals surface area contributed by atoms with Gasteiger partial charge in [0.25, 0.3) is 0 Å². The van der Waals surface area contributed by atoms with E-state index in [0.29, 0.717) is 40.8 Å². The second-order valence-electron chi connectivity index (χ2n) is 12.1. The van der Waals surface area contributed by atoms with Crippen LogP contribution < -0.4 is 5.73 Å². The van der Waals surface area contributed by atoms with Gasteiger partial charge in [0.15, 0.2) is 0 Å². The molecule has 2 aromatic heterocycles. The van der Waals surface area contributed by atoms with Gasteiger partial charge in [0.2, 0.25) is 0 Å². The van der Waals surface area contributed by atoms with Crippen LogP contribution in [0.1, 0.15) is 98.6 Å². The fraction of sp³-hybridized carbons (Fsp3) is 0.655. The maximum atomic E-state index is 12.7. The Morgan fingerprint density at radius 2 is 2.03 bits per heavy atom. The lowest BCUT2D eigenvalue weighted by molar-refractivity contribution is -0.0227. The normalized spacial score (nSPS) is 37.8. The molecule has 188 valence electrons. The SMILES string of the molecule is CCOC(=O)c1sc2nc(C)c3c(c2c1N)[C@@H](C)[C@H]1[C@H]2CC=C4C[C@@H](O)CC[C@]4(C)[C@H]2CC[C@]31C. The molecular weight excluding hydrogens is 456 g/mol. The zero-order valence-electron chi connectivity index (χ0n) is 21.6. The largest absolute Gasteiger partial charge is 0.462 e. The van der Waals surface area contributed by atoms with Crippen molar-refractivity contribution < 1.29 is 14.6 Å². The molecule has 5 nitrogen and oxygen atoms in total. The molecule has 0 saturated heterocycles. The highest BCUT2D eigenvalue weighted by atomic mass is 32.1. The Bertz CT molecular complexity index is 1260. The lowest BCUT2D eigenvalue weighted by Gasteiger charge is -2.58. The molecule has 0 bridgehead atoms. The van der Waals surface area contributed by atoms with Crippen LogP contribution in [0.4, 0.5) is 5.69 Å². The molecule has 7 atom stereocenters. The maximum Gasteiger partial charge on any atom is 0.350 e. The number of esters is 1. The number of aromatic nitrogens is 1. The van der Waals surface area contributed by atoms with Gasteiger partial charge in [-0.25, -0.2) is 9.78 Å². The van der Waals surface area contributed by atoms with E-state index in [0.717, 1.165) is 48.0 Å². The number of ether oxygens (including phenoxy) is 1. The van der Waals surface area contributed by atoms with Crippen molar-refractivity contribution >= 4 is 33.2 Å². The predicted molar refractivity (Wildman–Crippen MR) is 141 cm³/mol. The lowest BCUT2D eigenvalue weighted by Crippen LogP contribution is -2.51. The van der Waals surface area contributed by atoms with Crippen LogP contribution in [0.25, 0.3) is 10.2 Å². The van der Waals surface area contributed by atoms with Gasteiger partial charge in [0.1, 0.15) is 9.71 Å². The number of rotatable bonds is 2. The van der Waals surface area contributed by atoms with Gasteiger partial charge in [-0.3, -0.25) is 0 Å². The van der Waals surface area contributed by atoms with Crippen LogP contribution in [0.5, 0.6) is 0 Å². The number of nitrogens with two attached hydrogens (primary N) is 1. The van der Waals surface area contributed by atoms with Gasteiger partial charge in [-0.15, -0.1) is 11.3 Å². The van der Waals surface area contributed by atoms with Crippen LogP contribution in [0.15, 0.2) is 11.6 Å². The first-order valence-electron chi connectivity index (χ1n) is 13.4. The van der Waals surface area contributed by atoms with E-state index in [2.05, 4.69) is 33.8 Å². The summed E-state index contributed by atoms with van der Waals surface area (Å²) in [6.07, 6.45) is 8.66. The van der Waals surface area contributed by atoms with Crippen molar-refractivity contribution in [2.45, 2.75) is 90.6 Å². The van der Waals surface area contributed by atoms with E-state index in [1.807, 2.05) is 6.92 Å². The number of carbonyl (C=O) groups is 1. The third-order valence-electron chi connectivity index (χ3n) is 10.5. The number of nitrogens with zero attached hydrogens (tertiary/aromatic N) is 1. The number of allylic oxidation sites excluding steroid dienone is 1. The van der Waals surface area contributed by atoms with Crippen molar-refractivity contribution in [3.63, 3.8) is 0 Å². The second-order valence-corrected chi connectivity index (χ2v) is 13.1. The summed E-state index contributed by atoms with van der Waals surface area (Å²) in [7, 11) is 0. The van der Waals surface area contributed by atoms with Crippen molar-refractivity contribution in [1.82, 2.24) is 4.98 Å². The molecule has 0 aromatic carbocycles. The monoisotopic (exact) mass is 494 g/mol. The summed E-state index contributed by atoms with van der Waals surface area (Å²) >= 11 is 1.38. The van der Waals surface area contributed by atoms with Crippen LogP contribution >= 0.6 is 11.3 Å². The summed E-state index contributed by atoms with van der Waals surface area (Å²) in [6.45, 7) is 11.6. The Hall–Kier alpha value is -1.92. The number of thiophene rings is 1. The fourth-order valence-electron chi connectivity index (χ4n) is 9.11. The van der Waals surface area contributed by atoms with E-state index < -0.39 is 0 Å². The highest BCUT2D eigenvalue weighted by Gasteiger charge is 2.60. The van der Waals surface area contributed by atoms with E-state index in [1.165, 1.54) is 34.5 Å². The Morgan fingerprint density at radius 3 is 2.77 bits per heavy atom. The minimum atomic E-state index is -0.342. The molecule has 2 heterocycles. The number of hydrogen-bond donors (Lipinski definition) is 2. The van der Waals surface area contributed by atoms with Crippen molar-refractivity contribution in [2.75, 3.05) is 12.3 Å². The number of nitrogen functional groups attached to an aromatic ring is 1. The van der Waals surface area contributed by atoms with Gasteiger partial charge in [0, 0.05) is 11.1 Å². The zero-order chi connectivity index (χ0) is 24.9. The summed E-state index contributed by atoms with van der Waals surface area (Å²) in [4.78, 5) is 19.0. The molecule has 6 rings (SSSR count). The Morgan fingerprint density at radius 1 is 1.29 bits per heavy atom. The summed E-state index contributed by atoms with van der Waals surface area (Å²) < 4.78 is 5.31. The van der Waals surface area contributed by atoms with Crippen LogP contribution in [-0.2, 0) is 10.2 Å². The van der Waals surface area contributed by atoms with Gasteiger partial charge in [-0.2, -0.15) is 0 Å². The Labute approximate surface area is 212 Å². The van der Waals surface area contributed by atoms with Gasteiger partial charge < -0.3 is 15.6 Å². The van der Waals surface area contributed by atoms with Gasteiger partial charge in [-0.05, 0) is 98.0 Å². The number of hydrogen-bond acceptors (Lipinski definition) is 6. The number of aliphatic hydroxyl groups is 1. The molecule has 2 saturated carbocycles. The molecule has 0 amide bonds. The third-order valence-corrected chi connectivity index (χ3v) is 11.5. The third kappa shape index (κ3) is 3.02. The van der Waals surface area contributed by atoms with E-state index in [4.69, 9.17) is 15.5 Å². The van der Waals surface area contributed by atoms with Crippen LogP contribution in [0, 0.1) is 30.1 Å². The smallest absolute Gasteiger partial charge is 0.350 e. The first-order chi connectivity index (χ1) is 16.6. The number of fused-ring (bicyclic) bond motifs is 9. The Balaban J connectivity index is 1.49. The first-order valence-corrected chi connectivity index (χ1v) is 14.2. The highest BCUT2D eigenvalue weighted by molar-refractivity contribution is 7.21. The summed E-state index contributed by atoms with van der Waals surface area (Å²) in [5.74, 6) is 1.80. The molecule has 35 heavy (non-hydrogen) atoms. The number of anilines is 1. The minimum absolute atomic E-state index is 0.0650. The summed E-state index contributed by atoms with van der Waals surface area (Å²) in [5.41, 5.74) is 12.8. The van der Waals surface area contributed by atoms with E-state index in [9.17, 15) is 9.90 Å². The molecule has 4 aliphatic carbocycles. The summed E-state index contributed by atoms with van der Waals surface area (Å²) in [6, 6.07) is 0. The zero-order valence-corrected chi connectivity index (χ0v) is 22.4. The standard InChI is InChI=1S/C29H38N2O3S/c1-6-34-27(33)25-24(30)21-20-14(2)22-18-8-7-16-13-17(32)9-11-28(16,4)19(18)10-12-29(22,5)23(20)15(3)31-26(21)35-25/h7,14,17-19,22,32H,6,8-13,30H2,1-5H3/t14-,17+,18+,19+,22+,28+,29+/m1/s1. The first kappa shape index (κ1) is 23.5. The quantitative estimate of drug-likeness (QED) is 0.380. The molecule has 3 N–H and O–H groups in total. The molecule has 2 aromatic rings. The van der Waals surface area contributed by atoms with Crippen molar-refractivity contribution in [1.29, 1.82) is 0 Å². The topological polar surface area (TPSA) is 85.4 Å².